The number of anilines is 3. The van der Waals surface area contributed by atoms with Crippen LogP contribution in [-0.4, -0.2) is 0 Å². The highest BCUT2D eigenvalue weighted by atomic mass is 16.5. The Balaban J connectivity index is 1.03. The third kappa shape index (κ3) is 5.11. The van der Waals surface area contributed by atoms with Crippen molar-refractivity contribution < 1.29 is 9.47 Å². The fourth-order valence-electron chi connectivity index (χ4n) is 12.6. The van der Waals surface area contributed by atoms with Gasteiger partial charge in [-0.05, 0) is 128 Å². The molecular weight excluding hydrogens is 839 g/mol. The molecule has 2 heterocycles. The molecule has 3 nitrogen and oxygen atoms in total. The second-order valence-corrected chi connectivity index (χ2v) is 18.7. The second-order valence-electron chi connectivity index (χ2n) is 18.7. The maximum absolute atomic E-state index is 6.81. The van der Waals surface area contributed by atoms with Crippen molar-refractivity contribution in [3.05, 3.63) is 293 Å². The van der Waals surface area contributed by atoms with Gasteiger partial charge in [-0.15, -0.1) is 0 Å². The van der Waals surface area contributed by atoms with Gasteiger partial charge in [0.15, 0.2) is 0 Å². The predicted octanol–water partition coefficient (Wildman–Crippen LogP) is 16.9. The van der Waals surface area contributed by atoms with Gasteiger partial charge < -0.3 is 14.4 Å². The van der Waals surface area contributed by atoms with Gasteiger partial charge in [0, 0.05) is 39.2 Å². The average Bonchev–Trinajstić information content (AvgIpc) is 3.86. The maximum atomic E-state index is 6.81. The summed E-state index contributed by atoms with van der Waals surface area (Å²) in [5.41, 5.74) is 18.8. The van der Waals surface area contributed by atoms with Crippen molar-refractivity contribution in [3.63, 3.8) is 0 Å². The Labute approximate surface area is 400 Å². The van der Waals surface area contributed by atoms with Crippen LogP contribution in [0.1, 0.15) is 44.5 Å². The van der Waals surface area contributed by atoms with Gasteiger partial charge in [-0.25, -0.2) is 0 Å². The summed E-state index contributed by atoms with van der Waals surface area (Å²) in [6.45, 7) is 0. The topological polar surface area (TPSA) is 21.7 Å². The molecule has 322 valence electrons. The van der Waals surface area contributed by atoms with E-state index in [1.54, 1.807) is 0 Å². The van der Waals surface area contributed by atoms with Gasteiger partial charge >= 0.3 is 0 Å². The summed E-state index contributed by atoms with van der Waals surface area (Å²) in [5.74, 6) is 3.51. The molecule has 0 N–H and O–H groups in total. The van der Waals surface area contributed by atoms with Gasteiger partial charge in [-0.1, -0.05) is 182 Å². The van der Waals surface area contributed by atoms with Crippen LogP contribution >= 0.6 is 0 Å². The Morgan fingerprint density at radius 2 is 0.739 bits per heavy atom. The van der Waals surface area contributed by atoms with Crippen LogP contribution in [0.2, 0.25) is 0 Å². The molecule has 0 radical (unpaired) electrons. The maximum Gasteiger partial charge on any atom is 0.132 e. The zero-order valence-electron chi connectivity index (χ0n) is 37.4. The monoisotopic (exact) mass is 879 g/mol. The Morgan fingerprint density at radius 1 is 0.275 bits per heavy atom. The Hall–Kier alpha value is -8.92. The molecule has 0 atom stereocenters. The third-order valence-corrected chi connectivity index (χ3v) is 15.4. The van der Waals surface area contributed by atoms with E-state index in [0.717, 1.165) is 62.3 Å². The molecule has 15 rings (SSSR count). The van der Waals surface area contributed by atoms with Gasteiger partial charge in [0.1, 0.15) is 23.0 Å². The minimum Gasteiger partial charge on any atom is -0.457 e. The summed E-state index contributed by atoms with van der Waals surface area (Å²) in [6, 6.07) is 91.1. The molecule has 0 saturated carbocycles. The van der Waals surface area contributed by atoms with Crippen LogP contribution in [0.3, 0.4) is 0 Å². The summed E-state index contributed by atoms with van der Waals surface area (Å²) in [5, 5.41) is 2.44. The molecule has 69 heavy (non-hydrogen) atoms. The molecule has 2 aliphatic carbocycles. The fraction of sp³-hybridized carbons (Fsp3) is 0.0303. The molecule has 0 amide bonds. The molecular formula is C66H41NO2. The van der Waals surface area contributed by atoms with Crippen molar-refractivity contribution in [2.24, 2.45) is 0 Å². The molecule has 0 aromatic heterocycles. The summed E-state index contributed by atoms with van der Waals surface area (Å²) in [4.78, 5) is 2.51. The zero-order valence-corrected chi connectivity index (χ0v) is 37.4. The SMILES string of the molecule is c1ccc(-c2ccc(N(c3ccc4c(c3)C3(c5ccccc5Oc5ccccc53)c3cc5ccccc5cc3-4)c3cccc4c3-c3ccccc3C43c4ccccc4Oc4ccccc43)cc2)cc1. The molecule has 3 heteroatoms. The Kier molecular flexibility index (Phi) is 7.92. The first-order valence-electron chi connectivity index (χ1n) is 23.8. The minimum atomic E-state index is -0.663. The summed E-state index contributed by atoms with van der Waals surface area (Å²) in [7, 11) is 0. The lowest BCUT2D eigenvalue weighted by molar-refractivity contribution is 0.436. The standard InChI is InChI=1S/C66H41NO2/c1-2-17-42(18-3-1)43-33-35-46(36-34-43)67(59-28-16-27-56-64(59)49-21-6-7-22-51(49)65(56)52-23-8-12-29-60(52)68-61-30-13-9-24-53(61)65)47-37-38-48-50-39-44-19-4-5-20-45(44)40-57(50)66(58(48)41-47)54-25-10-14-31-62(54)69-63-32-15-11-26-55(63)66/h1-41H. The van der Waals surface area contributed by atoms with Gasteiger partial charge in [0.2, 0.25) is 0 Å². The van der Waals surface area contributed by atoms with Gasteiger partial charge in [0.05, 0.1) is 16.5 Å². The normalized spacial score (nSPS) is 14.3. The van der Waals surface area contributed by atoms with Crippen LogP contribution in [0, 0.1) is 0 Å². The largest absolute Gasteiger partial charge is 0.457 e. The highest BCUT2D eigenvalue weighted by Crippen LogP contribution is 2.66. The second kappa shape index (κ2) is 14.3. The van der Waals surface area contributed by atoms with Crippen LogP contribution in [0.4, 0.5) is 17.1 Å². The Morgan fingerprint density at radius 3 is 1.36 bits per heavy atom. The van der Waals surface area contributed by atoms with Crippen molar-refractivity contribution >= 4 is 27.8 Å². The summed E-state index contributed by atoms with van der Waals surface area (Å²) in [6.07, 6.45) is 0. The molecule has 2 aliphatic heterocycles. The number of nitrogens with zero attached hydrogens (tertiary/aromatic N) is 1. The fourth-order valence-corrected chi connectivity index (χ4v) is 12.6. The molecule has 0 fully saturated rings. The number of fused-ring (bicyclic) bond motifs is 19. The van der Waals surface area contributed by atoms with Crippen LogP contribution < -0.4 is 14.4 Å². The van der Waals surface area contributed by atoms with Crippen molar-refractivity contribution in [2.75, 3.05) is 4.90 Å². The number of hydrogen-bond donors (Lipinski definition) is 0. The van der Waals surface area contributed by atoms with Crippen LogP contribution in [0.5, 0.6) is 23.0 Å². The van der Waals surface area contributed by atoms with E-state index < -0.39 is 10.8 Å². The number of hydrogen-bond acceptors (Lipinski definition) is 3. The molecule has 0 saturated heterocycles. The zero-order chi connectivity index (χ0) is 45.3. The van der Waals surface area contributed by atoms with Gasteiger partial charge in [-0.2, -0.15) is 0 Å². The van der Waals surface area contributed by atoms with E-state index in [-0.39, 0.29) is 0 Å². The lowest BCUT2D eigenvalue weighted by Crippen LogP contribution is -2.32. The Bertz CT molecular complexity index is 3830. The lowest BCUT2D eigenvalue weighted by Gasteiger charge is -2.40. The molecule has 11 aromatic carbocycles. The molecule has 0 unspecified atom stereocenters. The molecule has 0 bridgehead atoms. The van der Waals surface area contributed by atoms with Crippen molar-refractivity contribution in [1.29, 1.82) is 0 Å². The number of rotatable bonds is 4. The van der Waals surface area contributed by atoms with Gasteiger partial charge in [-0.3, -0.25) is 0 Å². The summed E-state index contributed by atoms with van der Waals surface area (Å²) < 4.78 is 13.6. The first-order valence-corrected chi connectivity index (χ1v) is 23.8. The van der Waals surface area contributed by atoms with E-state index >= 15 is 0 Å². The van der Waals surface area contributed by atoms with E-state index in [1.165, 1.54) is 66.4 Å². The van der Waals surface area contributed by atoms with Crippen LogP contribution in [0.25, 0.3) is 44.2 Å². The molecule has 2 spiro atoms. The van der Waals surface area contributed by atoms with Crippen molar-refractivity contribution in [2.45, 2.75) is 10.8 Å². The quantitative estimate of drug-likeness (QED) is 0.176. The van der Waals surface area contributed by atoms with E-state index in [4.69, 9.17) is 9.47 Å². The smallest absolute Gasteiger partial charge is 0.132 e. The number of benzene rings is 11. The van der Waals surface area contributed by atoms with E-state index in [0.29, 0.717) is 0 Å². The highest BCUT2D eigenvalue weighted by molar-refractivity contribution is 6.01. The van der Waals surface area contributed by atoms with E-state index in [2.05, 4.69) is 254 Å². The predicted molar refractivity (Wildman–Crippen MR) is 279 cm³/mol. The van der Waals surface area contributed by atoms with Crippen LogP contribution in [0.15, 0.2) is 249 Å². The number of para-hydroxylation sites is 4. The van der Waals surface area contributed by atoms with Gasteiger partial charge in [0.25, 0.3) is 0 Å². The van der Waals surface area contributed by atoms with E-state index in [9.17, 15) is 0 Å². The van der Waals surface area contributed by atoms with E-state index in [1.807, 2.05) is 0 Å². The minimum absolute atomic E-state index is 0.614. The van der Waals surface area contributed by atoms with Crippen LogP contribution in [-0.2, 0) is 10.8 Å². The lowest BCUT2D eigenvalue weighted by atomic mass is 9.66. The molecule has 11 aromatic rings. The molecule has 4 aliphatic rings. The summed E-state index contributed by atoms with van der Waals surface area (Å²) >= 11 is 0. The van der Waals surface area contributed by atoms with Crippen molar-refractivity contribution in [3.8, 4) is 56.4 Å². The highest BCUT2D eigenvalue weighted by Gasteiger charge is 2.53. The third-order valence-electron chi connectivity index (χ3n) is 15.4. The van der Waals surface area contributed by atoms with Crippen molar-refractivity contribution in [1.82, 2.24) is 0 Å². The average molecular weight is 880 g/mol. The first kappa shape index (κ1) is 38.2. The first-order chi connectivity index (χ1) is 34.2. The number of ether oxygens (including phenoxy) is 2.